The maximum atomic E-state index is 6.22. The Bertz CT molecular complexity index is 3250. The van der Waals surface area contributed by atoms with Crippen LogP contribution in [-0.2, 0) is 0 Å². The predicted octanol–water partition coefficient (Wildman–Crippen LogP) is 17.2. The molecule has 0 aliphatic rings. The van der Waals surface area contributed by atoms with Gasteiger partial charge in [-0.1, -0.05) is 158 Å². The molecule has 0 amide bonds. The molecule has 0 aliphatic carbocycles. The van der Waals surface area contributed by atoms with Gasteiger partial charge in [-0.3, -0.25) is 0 Å². The lowest BCUT2D eigenvalue weighted by Gasteiger charge is -2.26. The molecule has 63 heavy (non-hydrogen) atoms. The zero-order valence-corrected chi connectivity index (χ0v) is 34.6. The first-order valence-corrected chi connectivity index (χ1v) is 21.4. The van der Waals surface area contributed by atoms with Crippen molar-refractivity contribution < 1.29 is 4.42 Å². The van der Waals surface area contributed by atoms with E-state index in [9.17, 15) is 0 Å². The van der Waals surface area contributed by atoms with Gasteiger partial charge in [0.25, 0.3) is 0 Å². The van der Waals surface area contributed by atoms with Gasteiger partial charge >= 0.3 is 0 Å². The third-order valence-electron chi connectivity index (χ3n) is 11.9. The molecule has 1 aromatic heterocycles. The normalized spacial score (nSPS) is 11.2. The topological polar surface area (TPSA) is 19.6 Å². The summed E-state index contributed by atoms with van der Waals surface area (Å²) >= 11 is 0. The Morgan fingerprint density at radius 2 is 0.540 bits per heavy atom. The van der Waals surface area contributed by atoms with Gasteiger partial charge in [0.15, 0.2) is 0 Å². The van der Waals surface area contributed by atoms with Crippen LogP contribution in [0.2, 0.25) is 0 Å². The third kappa shape index (κ3) is 7.32. The lowest BCUT2D eigenvalue weighted by Crippen LogP contribution is -2.09. The van der Waals surface area contributed by atoms with Gasteiger partial charge in [0.05, 0.1) is 0 Å². The smallest absolute Gasteiger partial charge is 0.135 e. The fourth-order valence-electron chi connectivity index (χ4n) is 8.85. The third-order valence-corrected chi connectivity index (χ3v) is 11.9. The minimum atomic E-state index is 0.881. The molecule has 3 heteroatoms. The Labute approximate surface area is 368 Å². The number of furan rings is 1. The van der Waals surface area contributed by atoms with Gasteiger partial charge in [0.1, 0.15) is 11.2 Å². The highest BCUT2D eigenvalue weighted by atomic mass is 16.3. The number of para-hydroxylation sites is 4. The summed E-state index contributed by atoms with van der Waals surface area (Å²) in [5, 5.41) is 2.21. The van der Waals surface area contributed by atoms with E-state index < -0.39 is 0 Å². The maximum absolute atomic E-state index is 6.22. The van der Waals surface area contributed by atoms with Gasteiger partial charge in [-0.05, 0) is 142 Å². The van der Waals surface area contributed by atoms with Crippen molar-refractivity contribution in [2.24, 2.45) is 0 Å². The van der Waals surface area contributed by atoms with Crippen molar-refractivity contribution in [1.29, 1.82) is 0 Å². The fraction of sp³-hybridized carbons (Fsp3) is 0. The molecule has 0 spiro atoms. The summed E-state index contributed by atoms with van der Waals surface area (Å²) < 4.78 is 6.22. The van der Waals surface area contributed by atoms with Crippen LogP contribution in [0.3, 0.4) is 0 Å². The summed E-state index contributed by atoms with van der Waals surface area (Å²) in [5.41, 5.74) is 17.6. The largest absolute Gasteiger partial charge is 0.456 e. The first kappa shape index (κ1) is 37.6. The Morgan fingerprint density at radius 1 is 0.222 bits per heavy atom. The van der Waals surface area contributed by atoms with Crippen molar-refractivity contribution in [2.75, 3.05) is 9.80 Å². The number of hydrogen-bond acceptors (Lipinski definition) is 3. The molecule has 0 bridgehead atoms. The quantitative estimate of drug-likeness (QED) is 0.137. The minimum Gasteiger partial charge on any atom is -0.456 e. The molecule has 0 radical (unpaired) electrons. The van der Waals surface area contributed by atoms with Gasteiger partial charge in [-0.2, -0.15) is 0 Å². The minimum absolute atomic E-state index is 0.881. The molecule has 0 atom stereocenters. The Hall–Kier alpha value is -8.40. The Morgan fingerprint density at radius 3 is 0.984 bits per heavy atom. The molecule has 1 heterocycles. The molecule has 3 nitrogen and oxygen atoms in total. The number of hydrogen-bond donors (Lipinski definition) is 0. The van der Waals surface area contributed by atoms with Crippen LogP contribution in [0.1, 0.15) is 0 Å². The second-order valence-electron chi connectivity index (χ2n) is 15.7. The van der Waals surface area contributed by atoms with Crippen LogP contribution in [0.15, 0.2) is 259 Å². The number of anilines is 6. The van der Waals surface area contributed by atoms with Crippen LogP contribution < -0.4 is 9.80 Å². The van der Waals surface area contributed by atoms with Crippen molar-refractivity contribution in [3.05, 3.63) is 255 Å². The SMILES string of the molecule is c1ccc(-c2cc(-c3ccc(N(c4ccccc4)c4ccc5oc6ccccc6c5c4)cc3)c(-c3ccccc3)cc2-c2ccc(N(c3ccccc3)c3ccccc3)cc2)cc1. The first-order chi connectivity index (χ1) is 31.2. The van der Waals surface area contributed by atoms with E-state index in [4.69, 9.17) is 4.42 Å². The van der Waals surface area contributed by atoms with Gasteiger partial charge in [0.2, 0.25) is 0 Å². The van der Waals surface area contributed by atoms with Gasteiger partial charge in [0, 0.05) is 44.9 Å². The molecule has 298 valence electrons. The Kier molecular flexibility index (Phi) is 9.89. The summed E-state index contributed by atoms with van der Waals surface area (Å²) in [5.74, 6) is 0. The Balaban J connectivity index is 1.04. The summed E-state index contributed by atoms with van der Waals surface area (Å²) in [6.07, 6.45) is 0. The lowest BCUT2D eigenvalue weighted by molar-refractivity contribution is 0.669. The molecule has 10 aromatic carbocycles. The zero-order valence-electron chi connectivity index (χ0n) is 34.6. The molecular weight excluding hydrogens is 765 g/mol. The molecule has 0 unspecified atom stereocenters. The highest BCUT2D eigenvalue weighted by Gasteiger charge is 2.20. The summed E-state index contributed by atoms with van der Waals surface area (Å²) in [6, 6.07) is 90.8. The molecule has 11 aromatic rings. The van der Waals surface area contributed by atoms with Crippen molar-refractivity contribution in [2.45, 2.75) is 0 Å². The van der Waals surface area contributed by atoms with E-state index in [1.807, 2.05) is 12.1 Å². The summed E-state index contributed by atoms with van der Waals surface area (Å²) in [7, 11) is 0. The molecule has 0 saturated heterocycles. The van der Waals surface area contributed by atoms with Crippen LogP contribution >= 0.6 is 0 Å². The zero-order chi connectivity index (χ0) is 42.0. The van der Waals surface area contributed by atoms with Gasteiger partial charge in [-0.25, -0.2) is 0 Å². The van der Waals surface area contributed by atoms with E-state index in [0.29, 0.717) is 0 Å². The highest BCUT2D eigenvalue weighted by Crippen LogP contribution is 2.45. The van der Waals surface area contributed by atoms with Crippen LogP contribution in [0.4, 0.5) is 34.1 Å². The second kappa shape index (κ2) is 16.6. The summed E-state index contributed by atoms with van der Waals surface area (Å²) in [4.78, 5) is 4.63. The number of fused-ring (bicyclic) bond motifs is 3. The molecule has 0 N–H and O–H groups in total. The molecule has 0 saturated carbocycles. The van der Waals surface area contributed by atoms with Crippen molar-refractivity contribution >= 4 is 56.1 Å². The number of benzene rings is 10. The van der Waals surface area contributed by atoms with Gasteiger partial charge in [-0.15, -0.1) is 0 Å². The van der Waals surface area contributed by atoms with E-state index in [-0.39, 0.29) is 0 Å². The first-order valence-electron chi connectivity index (χ1n) is 21.4. The molecular formula is C60H42N2O. The molecule has 0 aliphatic heterocycles. The lowest BCUT2D eigenvalue weighted by atomic mass is 9.85. The monoisotopic (exact) mass is 806 g/mol. The maximum Gasteiger partial charge on any atom is 0.135 e. The van der Waals surface area contributed by atoms with E-state index in [1.165, 1.54) is 33.4 Å². The van der Waals surface area contributed by atoms with Crippen LogP contribution in [0.5, 0.6) is 0 Å². The summed E-state index contributed by atoms with van der Waals surface area (Å²) in [6.45, 7) is 0. The molecule has 11 rings (SSSR count). The van der Waals surface area contributed by atoms with Crippen LogP contribution in [-0.4, -0.2) is 0 Å². The van der Waals surface area contributed by atoms with Crippen molar-refractivity contribution in [1.82, 2.24) is 0 Å². The molecule has 0 fully saturated rings. The van der Waals surface area contributed by atoms with E-state index in [1.54, 1.807) is 0 Å². The predicted molar refractivity (Wildman–Crippen MR) is 265 cm³/mol. The average molecular weight is 807 g/mol. The van der Waals surface area contributed by atoms with Crippen LogP contribution in [0, 0.1) is 0 Å². The average Bonchev–Trinajstić information content (AvgIpc) is 3.74. The number of rotatable bonds is 10. The van der Waals surface area contributed by atoms with E-state index in [2.05, 4.69) is 252 Å². The standard InChI is InChI=1S/C60H42N2O/c1-6-18-43(19-7-1)54-42-57(46-32-36-51(37-33-46)62(49-26-14-5-15-27-49)52-38-39-60-58(40-52)53-28-16-17-29-59(53)63-60)55(44-20-8-2-9-21-44)41-56(54)45-30-34-50(35-31-45)61(47-22-10-3-11-23-47)48-24-12-4-13-25-48/h1-42H. The second-order valence-corrected chi connectivity index (χ2v) is 15.7. The van der Waals surface area contributed by atoms with Gasteiger partial charge < -0.3 is 14.2 Å². The van der Waals surface area contributed by atoms with Crippen molar-refractivity contribution in [3.63, 3.8) is 0 Å². The highest BCUT2D eigenvalue weighted by molar-refractivity contribution is 6.06. The number of nitrogens with zero attached hydrogens (tertiary/aromatic N) is 2. The fourth-order valence-corrected chi connectivity index (χ4v) is 8.85. The van der Waals surface area contributed by atoms with E-state index >= 15 is 0 Å². The van der Waals surface area contributed by atoms with Crippen molar-refractivity contribution in [3.8, 4) is 44.5 Å². The van der Waals surface area contributed by atoms with E-state index in [0.717, 1.165) is 67.2 Å². The van der Waals surface area contributed by atoms with Crippen LogP contribution in [0.25, 0.3) is 66.4 Å².